The van der Waals surface area contributed by atoms with E-state index in [4.69, 9.17) is 19.2 Å². The molecule has 3 aliphatic rings. The lowest BCUT2D eigenvalue weighted by atomic mass is 9.83. The second-order valence-electron chi connectivity index (χ2n) is 12.6. The Morgan fingerprint density at radius 3 is 2.58 bits per heavy atom. The maximum Gasteiger partial charge on any atom is 0.328 e. The van der Waals surface area contributed by atoms with Crippen LogP contribution in [0.25, 0.3) is 28.2 Å². The maximum atomic E-state index is 14.3. The lowest BCUT2D eigenvalue weighted by Crippen LogP contribution is -2.54. The van der Waals surface area contributed by atoms with Gasteiger partial charge in [-0.1, -0.05) is 68.2 Å². The number of pyridine rings is 1. The molecule has 3 atom stereocenters. The Morgan fingerprint density at radius 1 is 1.00 bits per heavy atom. The van der Waals surface area contributed by atoms with Crippen molar-refractivity contribution in [3.8, 4) is 22.8 Å². The molecule has 1 aliphatic carbocycles. The van der Waals surface area contributed by atoms with Gasteiger partial charge in [0.25, 0.3) is 0 Å². The highest BCUT2D eigenvalue weighted by Gasteiger charge is 2.45. The highest BCUT2D eigenvalue weighted by Crippen LogP contribution is 2.37. The van der Waals surface area contributed by atoms with Crippen LogP contribution in [-0.4, -0.2) is 67.3 Å². The molecular formula is C37H45N3O5. The number of nitrogens with one attached hydrogen (secondary N) is 1. The van der Waals surface area contributed by atoms with E-state index in [-0.39, 0.29) is 24.0 Å². The number of allylic oxidation sites excluding steroid dienone is 1. The van der Waals surface area contributed by atoms with Gasteiger partial charge in [0.1, 0.15) is 23.6 Å². The van der Waals surface area contributed by atoms with Gasteiger partial charge >= 0.3 is 5.97 Å². The number of ether oxygens (including phenoxy) is 3. The van der Waals surface area contributed by atoms with E-state index in [1.807, 2.05) is 42.5 Å². The van der Waals surface area contributed by atoms with Gasteiger partial charge in [0, 0.05) is 35.1 Å². The first-order chi connectivity index (χ1) is 22.1. The summed E-state index contributed by atoms with van der Waals surface area (Å²) in [5.41, 5.74) is 3.46. The molecule has 3 heterocycles. The summed E-state index contributed by atoms with van der Waals surface area (Å²) in [5.74, 6) is 1.28. The third-order valence-corrected chi connectivity index (χ3v) is 9.60. The quantitative estimate of drug-likeness (QED) is 0.334. The lowest BCUT2D eigenvalue weighted by Gasteiger charge is -2.34. The SMILES string of the molecule is COC(=O)[C@@H]1C[C@@H]2CN1C(=O)[C@H](C1CCCCC1)NCCCCC/C=C/c1cc3c(cc(-c4ccccc4)nc3cc1OC)O2. The molecule has 2 aliphatic heterocycles. The van der Waals surface area contributed by atoms with Gasteiger partial charge in [-0.05, 0) is 50.6 Å². The molecule has 1 aromatic heterocycles. The summed E-state index contributed by atoms with van der Waals surface area (Å²) in [6.45, 7) is 1.09. The average Bonchev–Trinajstić information content (AvgIpc) is 3.50. The number of fused-ring (bicyclic) bond motifs is 3. The van der Waals surface area contributed by atoms with E-state index in [9.17, 15) is 9.59 Å². The number of aromatic nitrogens is 1. The summed E-state index contributed by atoms with van der Waals surface area (Å²) in [5, 5.41) is 4.50. The van der Waals surface area contributed by atoms with E-state index in [0.29, 0.717) is 18.7 Å². The van der Waals surface area contributed by atoms with Gasteiger partial charge in [-0.2, -0.15) is 0 Å². The number of methoxy groups -OCH3 is 2. The van der Waals surface area contributed by atoms with Crippen molar-refractivity contribution in [1.29, 1.82) is 0 Å². The van der Waals surface area contributed by atoms with Crippen LogP contribution in [0, 0.1) is 5.92 Å². The molecule has 0 unspecified atom stereocenters. The zero-order chi connectivity index (χ0) is 31.2. The topological polar surface area (TPSA) is 90.0 Å². The zero-order valence-corrected chi connectivity index (χ0v) is 26.5. The van der Waals surface area contributed by atoms with Gasteiger partial charge in [0.05, 0.1) is 38.0 Å². The van der Waals surface area contributed by atoms with Gasteiger partial charge in [0.2, 0.25) is 5.91 Å². The fraction of sp³-hybridized carbons (Fsp3) is 0.486. The molecule has 238 valence electrons. The van der Waals surface area contributed by atoms with E-state index in [1.165, 1.54) is 13.5 Å². The number of hydrogen-bond acceptors (Lipinski definition) is 7. The summed E-state index contributed by atoms with van der Waals surface area (Å²) in [7, 11) is 3.07. The Bertz CT molecular complexity index is 1520. The van der Waals surface area contributed by atoms with E-state index in [2.05, 4.69) is 23.5 Å². The van der Waals surface area contributed by atoms with Crippen molar-refractivity contribution in [3.63, 3.8) is 0 Å². The molecule has 1 saturated heterocycles. The number of benzene rings is 2. The maximum absolute atomic E-state index is 14.3. The monoisotopic (exact) mass is 611 g/mol. The highest BCUT2D eigenvalue weighted by molar-refractivity contribution is 5.92. The fourth-order valence-corrected chi connectivity index (χ4v) is 7.20. The summed E-state index contributed by atoms with van der Waals surface area (Å²) in [4.78, 5) is 34.2. The number of rotatable bonds is 4. The van der Waals surface area contributed by atoms with Crippen LogP contribution in [0.4, 0.5) is 0 Å². The van der Waals surface area contributed by atoms with Crippen molar-refractivity contribution >= 4 is 28.9 Å². The van der Waals surface area contributed by atoms with Gasteiger partial charge in [0.15, 0.2) is 0 Å². The molecule has 2 aromatic carbocycles. The minimum atomic E-state index is -0.692. The van der Waals surface area contributed by atoms with Crippen LogP contribution in [0.1, 0.15) is 69.8 Å². The average molecular weight is 612 g/mol. The zero-order valence-electron chi connectivity index (χ0n) is 26.5. The van der Waals surface area contributed by atoms with Crippen LogP contribution >= 0.6 is 0 Å². The molecule has 0 radical (unpaired) electrons. The molecular weight excluding hydrogens is 566 g/mol. The first kappa shape index (κ1) is 31.1. The van der Waals surface area contributed by atoms with Crippen LogP contribution < -0.4 is 14.8 Å². The summed E-state index contributed by atoms with van der Waals surface area (Å²) in [6, 6.07) is 15.0. The Kier molecular flexibility index (Phi) is 9.99. The molecule has 0 spiro atoms. The standard InChI is InChI=1S/C37H45N3O5/c1-43-33-23-31-29-20-27(33)18-8-4-3-5-13-19-38-35(26-16-11-7-12-17-26)36(41)40-24-28(21-32(40)37(42)44-2)45-34(29)22-30(39-31)25-14-9-6-10-15-25/h6,8-10,14-15,18,20,22-23,26,28,32,35,38H,3-5,7,11-13,16-17,19,21,24H2,1-2H3/b18-8+/t28-,32+,35+/m1/s1. The number of amides is 1. The van der Waals surface area contributed by atoms with Crippen LogP contribution in [0.15, 0.2) is 54.6 Å². The Labute approximate surface area is 266 Å². The van der Waals surface area contributed by atoms with Crippen molar-refractivity contribution in [2.24, 2.45) is 5.92 Å². The molecule has 1 N–H and O–H groups in total. The predicted molar refractivity (Wildman–Crippen MR) is 176 cm³/mol. The number of nitrogens with zero attached hydrogens (tertiary/aromatic N) is 2. The molecule has 4 bridgehead atoms. The predicted octanol–water partition coefficient (Wildman–Crippen LogP) is 6.56. The molecule has 6 rings (SSSR count). The first-order valence-corrected chi connectivity index (χ1v) is 16.6. The first-order valence-electron chi connectivity index (χ1n) is 16.6. The summed E-state index contributed by atoms with van der Waals surface area (Å²) >= 11 is 0. The van der Waals surface area contributed by atoms with Crippen molar-refractivity contribution in [3.05, 3.63) is 60.2 Å². The van der Waals surface area contributed by atoms with E-state index < -0.39 is 12.0 Å². The molecule has 1 amide bonds. The Balaban J connectivity index is 1.41. The van der Waals surface area contributed by atoms with Crippen LogP contribution in [0.2, 0.25) is 0 Å². The number of esters is 1. The molecule has 8 heteroatoms. The lowest BCUT2D eigenvalue weighted by molar-refractivity contribution is -0.152. The van der Waals surface area contributed by atoms with Crippen molar-refractivity contribution in [1.82, 2.24) is 15.2 Å². The molecule has 2 fully saturated rings. The van der Waals surface area contributed by atoms with E-state index >= 15 is 0 Å². The molecule has 45 heavy (non-hydrogen) atoms. The third-order valence-electron chi connectivity index (χ3n) is 9.60. The normalized spacial score (nSPS) is 24.1. The number of carbonyl (C=O) groups is 2. The smallest absolute Gasteiger partial charge is 0.328 e. The van der Waals surface area contributed by atoms with Gasteiger partial charge in [-0.15, -0.1) is 0 Å². The summed E-state index contributed by atoms with van der Waals surface area (Å²) in [6.07, 6.45) is 13.9. The molecule has 1 saturated carbocycles. The van der Waals surface area contributed by atoms with Crippen molar-refractivity contribution < 1.29 is 23.8 Å². The van der Waals surface area contributed by atoms with Gasteiger partial charge in [-0.25, -0.2) is 9.78 Å². The summed E-state index contributed by atoms with van der Waals surface area (Å²) < 4.78 is 17.8. The number of hydrogen-bond donors (Lipinski definition) is 1. The Hall–Kier alpha value is -3.91. The van der Waals surface area contributed by atoms with Crippen LogP contribution in [-0.2, 0) is 14.3 Å². The minimum Gasteiger partial charge on any atom is -0.496 e. The van der Waals surface area contributed by atoms with Gasteiger partial charge in [-0.3, -0.25) is 4.79 Å². The van der Waals surface area contributed by atoms with Crippen molar-refractivity contribution in [2.75, 3.05) is 27.3 Å². The fourth-order valence-electron chi connectivity index (χ4n) is 7.20. The van der Waals surface area contributed by atoms with Crippen LogP contribution in [0.5, 0.6) is 11.5 Å². The second-order valence-corrected chi connectivity index (χ2v) is 12.6. The van der Waals surface area contributed by atoms with E-state index in [1.54, 1.807) is 12.0 Å². The van der Waals surface area contributed by atoms with E-state index in [0.717, 1.165) is 91.4 Å². The van der Waals surface area contributed by atoms with Crippen molar-refractivity contribution in [2.45, 2.75) is 82.4 Å². The Morgan fingerprint density at radius 2 is 1.80 bits per heavy atom. The third kappa shape index (κ3) is 7.01. The molecule has 8 nitrogen and oxygen atoms in total. The second kappa shape index (κ2) is 14.5. The minimum absolute atomic E-state index is 0.0102. The largest absolute Gasteiger partial charge is 0.496 e. The highest BCUT2D eigenvalue weighted by atomic mass is 16.5. The van der Waals surface area contributed by atoms with Gasteiger partial charge < -0.3 is 24.4 Å². The van der Waals surface area contributed by atoms with Crippen LogP contribution in [0.3, 0.4) is 0 Å². The number of carbonyl (C=O) groups excluding carboxylic acids is 2. The molecule has 3 aromatic rings.